The van der Waals surface area contributed by atoms with E-state index in [-0.39, 0.29) is 6.04 Å². The summed E-state index contributed by atoms with van der Waals surface area (Å²) < 4.78 is 1.82. The molecule has 0 spiro atoms. The zero-order valence-electron chi connectivity index (χ0n) is 12.2. The summed E-state index contributed by atoms with van der Waals surface area (Å²) in [5, 5.41) is 8.52. The third-order valence-corrected chi connectivity index (χ3v) is 3.93. The standard InChI is InChI=1S/C15H21ClN4/c1-4-8-17-14(9-15-18-10-19-20(15)3)12-6-5-7-13(16)11(12)2/h5-7,10,14,17H,4,8-9H2,1-3H3. The second kappa shape index (κ2) is 6.86. The Kier molecular flexibility index (Phi) is 5.15. The monoisotopic (exact) mass is 292 g/mol. The van der Waals surface area contributed by atoms with Crippen LogP contribution in [0.1, 0.15) is 36.3 Å². The van der Waals surface area contributed by atoms with Gasteiger partial charge in [0.15, 0.2) is 0 Å². The zero-order chi connectivity index (χ0) is 14.5. The van der Waals surface area contributed by atoms with Gasteiger partial charge < -0.3 is 5.32 Å². The van der Waals surface area contributed by atoms with Gasteiger partial charge in [-0.3, -0.25) is 4.68 Å². The molecule has 0 bridgehead atoms. The van der Waals surface area contributed by atoms with Crippen LogP contribution in [0.15, 0.2) is 24.5 Å². The second-order valence-electron chi connectivity index (χ2n) is 4.96. The fraction of sp³-hybridized carbons (Fsp3) is 0.467. The number of rotatable bonds is 6. The second-order valence-corrected chi connectivity index (χ2v) is 5.37. The Balaban J connectivity index is 2.27. The van der Waals surface area contributed by atoms with Gasteiger partial charge in [0.25, 0.3) is 0 Å². The van der Waals surface area contributed by atoms with E-state index >= 15 is 0 Å². The lowest BCUT2D eigenvalue weighted by Gasteiger charge is -2.21. The maximum atomic E-state index is 6.24. The number of aromatic nitrogens is 3. The van der Waals surface area contributed by atoms with Crippen LogP contribution in [0.3, 0.4) is 0 Å². The van der Waals surface area contributed by atoms with Crippen molar-refractivity contribution in [3.05, 3.63) is 46.5 Å². The molecule has 2 rings (SSSR count). The molecule has 0 fully saturated rings. The van der Waals surface area contributed by atoms with E-state index in [9.17, 15) is 0 Å². The first-order valence-electron chi connectivity index (χ1n) is 6.94. The highest BCUT2D eigenvalue weighted by atomic mass is 35.5. The number of benzene rings is 1. The minimum Gasteiger partial charge on any atom is -0.310 e. The van der Waals surface area contributed by atoms with Crippen molar-refractivity contribution < 1.29 is 0 Å². The Morgan fingerprint density at radius 1 is 1.40 bits per heavy atom. The van der Waals surface area contributed by atoms with E-state index in [0.29, 0.717) is 0 Å². The van der Waals surface area contributed by atoms with Gasteiger partial charge in [0.2, 0.25) is 0 Å². The van der Waals surface area contributed by atoms with Crippen LogP contribution in [0.5, 0.6) is 0 Å². The summed E-state index contributed by atoms with van der Waals surface area (Å²) in [6.07, 6.45) is 3.49. The molecule has 0 saturated heterocycles. The van der Waals surface area contributed by atoms with Crippen molar-refractivity contribution >= 4 is 11.6 Å². The largest absolute Gasteiger partial charge is 0.310 e. The van der Waals surface area contributed by atoms with E-state index in [1.165, 1.54) is 5.56 Å². The van der Waals surface area contributed by atoms with Crippen LogP contribution in [-0.2, 0) is 13.5 Å². The molecule has 1 heterocycles. The topological polar surface area (TPSA) is 42.7 Å². The number of aryl methyl sites for hydroxylation is 1. The fourth-order valence-corrected chi connectivity index (χ4v) is 2.48. The van der Waals surface area contributed by atoms with E-state index in [0.717, 1.165) is 35.8 Å². The molecule has 5 heteroatoms. The molecule has 1 atom stereocenters. The Labute approximate surface area is 125 Å². The smallest absolute Gasteiger partial charge is 0.138 e. The van der Waals surface area contributed by atoms with Gasteiger partial charge in [0.05, 0.1) is 0 Å². The van der Waals surface area contributed by atoms with Crippen molar-refractivity contribution in [3.63, 3.8) is 0 Å². The third-order valence-electron chi connectivity index (χ3n) is 3.52. The molecule has 0 amide bonds. The van der Waals surface area contributed by atoms with Gasteiger partial charge in [0, 0.05) is 24.5 Å². The molecular weight excluding hydrogens is 272 g/mol. The number of nitrogens with one attached hydrogen (secondary N) is 1. The number of hydrogen-bond donors (Lipinski definition) is 1. The first-order valence-corrected chi connectivity index (χ1v) is 7.32. The quantitative estimate of drug-likeness (QED) is 0.890. The van der Waals surface area contributed by atoms with Crippen molar-refractivity contribution in [2.24, 2.45) is 7.05 Å². The summed E-state index contributed by atoms with van der Waals surface area (Å²) in [6.45, 7) is 5.20. The minimum absolute atomic E-state index is 0.205. The van der Waals surface area contributed by atoms with E-state index < -0.39 is 0 Å². The highest BCUT2D eigenvalue weighted by molar-refractivity contribution is 6.31. The fourth-order valence-electron chi connectivity index (χ4n) is 2.30. The molecule has 2 aromatic rings. The summed E-state index contributed by atoms with van der Waals surface area (Å²) >= 11 is 6.24. The van der Waals surface area contributed by atoms with Gasteiger partial charge in [0.1, 0.15) is 12.2 Å². The van der Waals surface area contributed by atoms with E-state index in [1.807, 2.05) is 23.9 Å². The van der Waals surface area contributed by atoms with E-state index in [4.69, 9.17) is 11.6 Å². The molecule has 1 aromatic carbocycles. The Morgan fingerprint density at radius 2 is 2.20 bits per heavy atom. The van der Waals surface area contributed by atoms with Crippen molar-refractivity contribution in [3.8, 4) is 0 Å². The van der Waals surface area contributed by atoms with Gasteiger partial charge in [-0.25, -0.2) is 4.98 Å². The highest BCUT2D eigenvalue weighted by Gasteiger charge is 2.17. The molecule has 20 heavy (non-hydrogen) atoms. The van der Waals surface area contributed by atoms with Crippen molar-refractivity contribution in [1.82, 2.24) is 20.1 Å². The van der Waals surface area contributed by atoms with Crippen molar-refractivity contribution in [1.29, 1.82) is 0 Å². The first-order chi connectivity index (χ1) is 9.63. The molecule has 108 valence electrons. The van der Waals surface area contributed by atoms with Crippen molar-refractivity contribution in [2.45, 2.75) is 32.7 Å². The lowest BCUT2D eigenvalue weighted by atomic mass is 9.98. The molecule has 1 N–H and O–H groups in total. The number of halogens is 1. The SMILES string of the molecule is CCCNC(Cc1ncnn1C)c1cccc(Cl)c1C. The molecule has 1 unspecified atom stereocenters. The zero-order valence-corrected chi connectivity index (χ0v) is 13.0. The van der Waals surface area contributed by atoms with E-state index in [2.05, 4.69) is 35.3 Å². The van der Waals surface area contributed by atoms with Crippen LogP contribution in [0.25, 0.3) is 0 Å². The minimum atomic E-state index is 0.205. The van der Waals surface area contributed by atoms with Gasteiger partial charge in [-0.05, 0) is 37.1 Å². The molecule has 1 aromatic heterocycles. The average molecular weight is 293 g/mol. The molecule has 0 aliphatic rings. The highest BCUT2D eigenvalue weighted by Crippen LogP contribution is 2.26. The van der Waals surface area contributed by atoms with Crippen LogP contribution in [0.4, 0.5) is 0 Å². The average Bonchev–Trinajstić information content (AvgIpc) is 2.83. The number of hydrogen-bond acceptors (Lipinski definition) is 3. The molecule has 0 aliphatic carbocycles. The Hall–Kier alpha value is -1.39. The van der Waals surface area contributed by atoms with Crippen LogP contribution < -0.4 is 5.32 Å². The molecule has 4 nitrogen and oxygen atoms in total. The van der Waals surface area contributed by atoms with Gasteiger partial charge in [-0.2, -0.15) is 5.10 Å². The summed E-state index contributed by atoms with van der Waals surface area (Å²) in [5.41, 5.74) is 2.36. The summed E-state index contributed by atoms with van der Waals surface area (Å²) in [6, 6.07) is 6.27. The van der Waals surface area contributed by atoms with Crippen LogP contribution in [0, 0.1) is 6.92 Å². The van der Waals surface area contributed by atoms with Gasteiger partial charge in [-0.15, -0.1) is 0 Å². The Bertz CT molecular complexity index is 565. The summed E-state index contributed by atoms with van der Waals surface area (Å²) in [5.74, 6) is 0.970. The molecule has 0 aliphatic heterocycles. The molecule has 0 saturated carbocycles. The summed E-state index contributed by atoms with van der Waals surface area (Å²) in [4.78, 5) is 4.32. The normalized spacial score (nSPS) is 12.6. The predicted molar refractivity (Wildman–Crippen MR) is 81.9 cm³/mol. The number of nitrogens with zero attached hydrogens (tertiary/aromatic N) is 3. The summed E-state index contributed by atoms with van der Waals surface area (Å²) in [7, 11) is 1.92. The first kappa shape index (κ1) is 15.0. The lowest BCUT2D eigenvalue weighted by Crippen LogP contribution is -2.26. The lowest BCUT2D eigenvalue weighted by molar-refractivity contribution is 0.505. The molecular formula is C15H21ClN4. The van der Waals surface area contributed by atoms with Crippen LogP contribution in [-0.4, -0.2) is 21.3 Å². The molecule has 0 radical (unpaired) electrons. The maximum absolute atomic E-state index is 6.24. The third kappa shape index (κ3) is 3.38. The maximum Gasteiger partial charge on any atom is 0.138 e. The predicted octanol–water partition coefficient (Wildman–Crippen LogP) is 3.06. The van der Waals surface area contributed by atoms with E-state index in [1.54, 1.807) is 6.33 Å². The van der Waals surface area contributed by atoms with Gasteiger partial charge >= 0.3 is 0 Å². The van der Waals surface area contributed by atoms with Crippen LogP contribution >= 0.6 is 11.6 Å². The Morgan fingerprint density at radius 3 is 2.85 bits per heavy atom. The van der Waals surface area contributed by atoms with Crippen LogP contribution in [0.2, 0.25) is 5.02 Å². The van der Waals surface area contributed by atoms with Crippen molar-refractivity contribution in [2.75, 3.05) is 6.54 Å². The van der Waals surface area contributed by atoms with Gasteiger partial charge in [-0.1, -0.05) is 30.7 Å².